The average molecular weight is 862 g/mol. The van der Waals surface area contributed by atoms with Crippen LogP contribution in [0.25, 0.3) is 10.4 Å². The zero-order chi connectivity index (χ0) is 44.9. The fourth-order valence-corrected chi connectivity index (χ4v) is 7.76. The van der Waals surface area contributed by atoms with E-state index in [0.717, 1.165) is 52.1 Å². The van der Waals surface area contributed by atoms with Crippen LogP contribution in [0.1, 0.15) is 109 Å². The second-order valence-electron chi connectivity index (χ2n) is 17.7. The molecule has 7 N–H and O–H groups in total. The third kappa shape index (κ3) is 15.6. The lowest BCUT2D eigenvalue weighted by atomic mass is 9.85. The number of ether oxygens (including phenoxy) is 1. The van der Waals surface area contributed by atoms with Crippen LogP contribution in [0.4, 0.5) is 4.79 Å². The Morgan fingerprint density at radius 3 is 2.08 bits per heavy atom. The number of aromatic nitrogens is 1. The van der Waals surface area contributed by atoms with Gasteiger partial charge < -0.3 is 41.7 Å². The Hall–Kier alpha value is -5.35. The number of carbonyl (C=O) groups excluding carboxylic acids is 6. The summed E-state index contributed by atoms with van der Waals surface area (Å²) in [5, 5.41) is 21.7. The van der Waals surface area contributed by atoms with Gasteiger partial charge in [0.05, 0.1) is 22.2 Å². The number of carbonyl (C=O) groups is 6. The zero-order valence-corrected chi connectivity index (χ0v) is 37.3. The molecule has 15 nitrogen and oxygen atoms in total. The van der Waals surface area contributed by atoms with Crippen molar-refractivity contribution in [1.82, 2.24) is 31.2 Å². The van der Waals surface area contributed by atoms with Gasteiger partial charge in [-0.1, -0.05) is 75.7 Å². The van der Waals surface area contributed by atoms with Gasteiger partial charge in [-0.3, -0.25) is 24.0 Å². The van der Waals surface area contributed by atoms with Crippen LogP contribution in [0, 0.1) is 12.3 Å². The van der Waals surface area contributed by atoms with Crippen LogP contribution < -0.4 is 27.0 Å². The molecule has 1 aliphatic rings. The van der Waals surface area contributed by atoms with Gasteiger partial charge in [0, 0.05) is 38.9 Å². The Labute approximate surface area is 363 Å². The van der Waals surface area contributed by atoms with Crippen LogP contribution >= 0.6 is 11.3 Å². The highest BCUT2D eigenvalue weighted by Crippen LogP contribution is 2.28. The van der Waals surface area contributed by atoms with E-state index in [9.17, 15) is 33.9 Å². The van der Waals surface area contributed by atoms with Gasteiger partial charge in [-0.15, -0.1) is 11.3 Å². The number of hydrogen-bond acceptors (Lipinski definition) is 10. The zero-order valence-electron chi connectivity index (χ0n) is 36.5. The Bertz CT molecular complexity index is 1970. The summed E-state index contributed by atoms with van der Waals surface area (Å²) in [5.74, 6) is -2.06. The number of alkyl carbamates (subject to hydrolysis) is 1. The second kappa shape index (κ2) is 22.0. The molecule has 0 spiro atoms. The van der Waals surface area contributed by atoms with Gasteiger partial charge in [0.25, 0.3) is 0 Å². The maximum atomic E-state index is 14.0. The lowest BCUT2D eigenvalue weighted by Gasteiger charge is -2.35. The molecule has 1 unspecified atom stereocenters. The van der Waals surface area contributed by atoms with Crippen molar-refractivity contribution in [2.45, 2.75) is 143 Å². The Morgan fingerprint density at radius 2 is 1.49 bits per heavy atom. The minimum absolute atomic E-state index is 0.00406. The quantitative estimate of drug-likeness (QED) is 0.0910. The highest BCUT2D eigenvalue weighted by molar-refractivity contribution is 7.13. The summed E-state index contributed by atoms with van der Waals surface area (Å²) in [6.07, 6.45) is 1.69. The number of aryl methyl sites for hydroxylation is 2. The number of primary amides is 1. The van der Waals surface area contributed by atoms with E-state index in [1.807, 2.05) is 81.7 Å². The summed E-state index contributed by atoms with van der Waals surface area (Å²) in [4.78, 5) is 83.9. The van der Waals surface area contributed by atoms with Crippen molar-refractivity contribution in [1.29, 1.82) is 0 Å². The van der Waals surface area contributed by atoms with Crippen molar-refractivity contribution < 1.29 is 38.6 Å². The third-order valence-corrected chi connectivity index (χ3v) is 11.2. The number of nitrogens with one attached hydrogen (secondary N) is 4. The first-order valence-electron chi connectivity index (χ1n) is 20.9. The first kappa shape index (κ1) is 48.3. The molecular formula is C45H63N7O8S. The predicted octanol–water partition coefficient (Wildman–Crippen LogP) is 4.81. The first-order valence-corrected chi connectivity index (χ1v) is 21.8. The lowest BCUT2D eigenvalue weighted by molar-refractivity contribution is -0.144. The molecule has 1 saturated heterocycles. The number of benzene rings is 2. The molecule has 2 heterocycles. The predicted molar refractivity (Wildman–Crippen MR) is 234 cm³/mol. The van der Waals surface area contributed by atoms with E-state index in [1.165, 1.54) is 4.90 Å². The van der Waals surface area contributed by atoms with Crippen LogP contribution in [0.3, 0.4) is 0 Å². The van der Waals surface area contributed by atoms with E-state index < -0.39 is 59.1 Å². The monoisotopic (exact) mass is 861 g/mol. The average Bonchev–Trinajstić information content (AvgIpc) is 3.80. The fraction of sp³-hybridized carbons (Fsp3) is 0.533. The number of amides is 6. The Balaban J connectivity index is 1.21. The van der Waals surface area contributed by atoms with Gasteiger partial charge in [-0.2, -0.15) is 0 Å². The van der Waals surface area contributed by atoms with Gasteiger partial charge in [0.15, 0.2) is 0 Å². The minimum Gasteiger partial charge on any atom is -0.444 e. The minimum atomic E-state index is -0.992. The van der Waals surface area contributed by atoms with E-state index in [-0.39, 0.29) is 57.1 Å². The van der Waals surface area contributed by atoms with Crippen LogP contribution in [0.15, 0.2) is 54.0 Å². The van der Waals surface area contributed by atoms with Crippen LogP contribution in [-0.2, 0) is 48.2 Å². The molecule has 0 bridgehead atoms. The molecule has 1 aromatic heterocycles. The molecule has 2 aromatic carbocycles. The van der Waals surface area contributed by atoms with Gasteiger partial charge in [0.1, 0.15) is 23.7 Å². The standard InChI is InChI=1S/C45H63N7O8S/c1-28-38(61-27-49-28)32-19-17-31(18-20-32)25-48-41(57)35-23-33(53)26-52(35)42(58)39(44(2,3)4)51-37(55)12-10-8-9-11-29-13-15-30(16-14-29)24-47-40(56)34(21-22-36(46)54)50-43(59)60-45(5,6)7/h13-20,27,33-35,39,53H,8-12,21-26H2,1-7H3,(H2,46,54)(H,47,56)(H,48,57)(H,50,59)(H,51,55)/t33-,34+,35+,39?/m1/s1. The SMILES string of the molecule is Cc1ncsc1-c1ccc(CNC(=O)[C@@H]2C[C@@H](O)CN2C(=O)C(NC(=O)CCCCCc2ccc(CNC(=O)[C@H](CCC(N)=O)NC(=O)OC(C)(C)C)cc2)C(C)(C)C)cc1. The number of nitrogens with two attached hydrogens (primary N) is 1. The number of nitrogens with zero attached hydrogens (tertiary/aromatic N) is 2. The van der Waals surface area contributed by atoms with E-state index in [2.05, 4.69) is 26.3 Å². The second-order valence-corrected chi connectivity index (χ2v) is 18.6. The van der Waals surface area contributed by atoms with E-state index >= 15 is 0 Å². The summed E-state index contributed by atoms with van der Waals surface area (Å²) >= 11 is 1.57. The van der Waals surface area contributed by atoms with Gasteiger partial charge in [-0.05, 0) is 81.0 Å². The number of aliphatic hydroxyl groups is 1. The Kier molecular flexibility index (Phi) is 17.4. The van der Waals surface area contributed by atoms with Gasteiger partial charge >= 0.3 is 6.09 Å². The van der Waals surface area contributed by atoms with Crippen LogP contribution in [0.2, 0.25) is 0 Å². The van der Waals surface area contributed by atoms with Crippen LogP contribution in [0.5, 0.6) is 0 Å². The number of unbranched alkanes of at least 4 members (excludes halogenated alkanes) is 2. The highest BCUT2D eigenvalue weighted by atomic mass is 32.1. The maximum absolute atomic E-state index is 14.0. The number of aliphatic hydroxyl groups excluding tert-OH is 1. The van der Waals surface area contributed by atoms with E-state index in [0.29, 0.717) is 6.42 Å². The van der Waals surface area contributed by atoms with Gasteiger partial charge in [0.2, 0.25) is 29.5 Å². The summed E-state index contributed by atoms with van der Waals surface area (Å²) in [7, 11) is 0. The molecule has 0 radical (unpaired) electrons. The molecule has 3 aromatic rings. The topological polar surface area (TPSA) is 222 Å². The van der Waals surface area contributed by atoms with Crippen molar-refractivity contribution in [2.75, 3.05) is 6.54 Å². The molecule has 1 aliphatic heterocycles. The fourth-order valence-electron chi connectivity index (χ4n) is 6.95. The number of rotatable bonds is 19. The summed E-state index contributed by atoms with van der Waals surface area (Å²) in [6.45, 7) is 13.2. The molecule has 6 amide bonds. The number of β-amino-alcohol motifs (C(OH)–C–C–N with tert-alkyl or cyclic N) is 1. The summed E-state index contributed by atoms with van der Waals surface area (Å²) in [6, 6.07) is 12.9. The largest absolute Gasteiger partial charge is 0.444 e. The Morgan fingerprint density at radius 1 is 0.869 bits per heavy atom. The molecule has 1 fully saturated rings. The molecule has 0 aliphatic carbocycles. The molecule has 4 atom stereocenters. The van der Waals surface area contributed by atoms with Gasteiger partial charge in [-0.25, -0.2) is 9.78 Å². The number of likely N-dealkylation sites (tertiary alicyclic amines) is 1. The number of thiazole rings is 1. The van der Waals surface area contributed by atoms with Crippen molar-refractivity contribution in [3.05, 3.63) is 76.4 Å². The molecule has 0 saturated carbocycles. The molecule has 16 heteroatoms. The molecule has 332 valence electrons. The summed E-state index contributed by atoms with van der Waals surface area (Å²) < 4.78 is 5.25. The van der Waals surface area contributed by atoms with Crippen LogP contribution in [-0.4, -0.2) is 87.0 Å². The van der Waals surface area contributed by atoms with Crippen molar-refractivity contribution in [2.24, 2.45) is 11.1 Å². The van der Waals surface area contributed by atoms with E-state index in [4.69, 9.17) is 10.5 Å². The van der Waals surface area contributed by atoms with Crippen molar-refractivity contribution >= 4 is 47.0 Å². The lowest BCUT2D eigenvalue weighted by Crippen LogP contribution is -2.57. The number of hydrogen-bond donors (Lipinski definition) is 6. The van der Waals surface area contributed by atoms with Crippen molar-refractivity contribution in [3.8, 4) is 10.4 Å². The highest BCUT2D eigenvalue weighted by Gasteiger charge is 2.44. The van der Waals surface area contributed by atoms with Crippen molar-refractivity contribution in [3.63, 3.8) is 0 Å². The molecule has 4 rings (SSSR count). The maximum Gasteiger partial charge on any atom is 0.408 e. The normalized spacial score (nSPS) is 16.3. The van der Waals surface area contributed by atoms with E-state index in [1.54, 1.807) is 32.1 Å². The molecule has 61 heavy (non-hydrogen) atoms. The smallest absolute Gasteiger partial charge is 0.408 e. The first-order chi connectivity index (χ1) is 28.7. The molecular weight excluding hydrogens is 799 g/mol. The summed E-state index contributed by atoms with van der Waals surface area (Å²) in [5.41, 5.74) is 10.5. The third-order valence-electron chi connectivity index (χ3n) is 10.3.